The fraction of sp³-hybridized carbons (Fsp3) is 0.467. The Morgan fingerprint density at radius 2 is 1.83 bits per heavy atom. The molecule has 96 valence electrons. The third-order valence-electron chi connectivity index (χ3n) is 3.19. The van der Waals surface area contributed by atoms with Gasteiger partial charge in [-0.2, -0.15) is 0 Å². The molecule has 0 spiro atoms. The van der Waals surface area contributed by atoms with E-state index in [1.807, 2.05) is 44.2 Å². The number of hydrogen-bond donors (Lipinski definition) is 0. The van der Waals surface area contributed by atoms with Crippen molar-refractivity contribution in [2.45, 2.75) is 38.7 Å². The Kier molecular flexibility index (Phi) is 3.50. The van der Waals surface area contributed by atoms with Crippen molar-refractivity contribution in [2.75, 3.05) is 0 Å². The average molecular weight is 246 g/mol. The number of carbonyl (C=O) groups is 2. The summed E-state index contributed by atoms with van der Waals surface area (Å²) in [5, 5.41) is 0. The van der Waals surface area contributed by atoms with Gasteiger partial charge in [-0.15, -0.1) is 0 Å². The molecule has 2 rings (SSSR count). The van der Waals surface area contributed by atoms with E-state index in [1.165, 1.54) is 0 Å². The Hall–Kier alpha value is -1.64. The Labute approximate surface area is 107 Å². The second kappa shape index (κ2) is 4.92. The minimum absolute atomic E-state index is 0.0175. The number of rotatable bonds is 5. The van der Waals surface area contributed by atoms with Gasteiger partial charge < -0.3 is 4.74 Å². The zero-order chi connectivity index (χ0) is 13.2. The van der Waals surface area contributed by atoms with Crippen LogP contribution in [0.25, 0.3) is 0 Å². The number of ether oxygens (including phenoxy) is 1. The van der Waals surface area contributed by atoms with Gasteiger partial charge in [0.25, 0.3) is 0 Å². The summed E-state index contributed by atoms with van der Waals surface area (Å²) in [5.41, 5.74) is 0.236. The third kappa shape index (κ3) is 3.19. The first-order valence-corrected chi connectivity index (χ1v) is 6.29. The second-order valence-electron chi connectivity index (χ2n) is 5.27. The lowest BCUT2D eigenvalue weighted by atomic mass is 9.98. The smallest absolute Gasteiger partial charge is 0.314 e. The maximum absolute atomic E-state index is 11.7. The Morgan fingerprint density at radius 1 is 1.22 bits per heavy atom. The molecule has 0 saturated heterocycles. The third-order valence-corrected chi connectivity index (χ3v) is 3.19. The predicted octanol–water partition coefficient (Wildman–Crippen LogP) is 2.83. The number of esters is 1. The quantitative estimate of drug-likeness (QED) is 0.592. The molecule has 0 aromatic heterocycles. The first-order valence-electron chi connectivity index (χ1n) is 6.29. The molecule has 1 saturated carbocycles. The highest BCUT2D eigenvalue weighted by Gasteiger charge is 2.33. The van der Waals surface area contributed by atoms with Crippen LogP contribution in [0, 0.1) is 5.92 Å². The minimum Gasteiger partial charge on any atom is -0.454 e. The first kappa shape index (κ1) is 12.8. The topological polar surface area (TPSA) is 43.4 Å². The standard InChI is InChI=1S/C15H18O3/c1-15(2,12-6-4-3-5-7-12)18-14(17)10-13(16)11-8-9-11/h3-7,11H,8-10H2,1-2H3. The molecular formula is C15H18O3. The zero-order valence-electron chi connectivity index (χ0n) is 10.8. The molecule has 0 heterocycles. The maximum Gasteiger partial charge on any atom is 0.314 e. The largest absolute Gasteiger partial charge is 0.454 e. The van der Waals surface area contributed by atoms with Crippen LogP contribution in [-0.4, -0.2) is 11.8 Å². The molecular weight excluding hydrogens is 228 g/mol. The molecule has 1 aromatic rings. The molecule has 0 atom stereocenters. The van der Waals surface area contributed by atoms with Gasteiger partial charge >= 0.3 is 5.97 Å². The minimum atomic E-state index is -0.692. The van der Waals surface area contributed by atoms with Crippen LogP contribution in [-0.2, 0) is 19.9 Å². The molecule has 1 fully saturated rings. The fourth-order valence-electron chi connectivity index (χ4n) is 1.91. The highest BCUT2D eigenvalue weighted by atomic mass is 16.6. The van der Waals surface area contributed by atoms with Crippen LogP contribution in [0.3, 0.4) is 0 Å². The number of carbonyl (C=O) groups excluding carboxylic acids is 2. The highest BCUT2D eigenvalue weighted by molar-refractivity contribution is 5.97. The molecule has 3 heteroatoms. The molecule has 0 aliphatic heterocycles. The van der Waals surface area contributed by atoms with Crippen molar-refractivity contribution in [1.82, 2.24) is 0 Å². The van der Waals surface area contributed by atoms with Gasteiger partial charge in [-0.3, -0.25) is 9.59 Å². The lowest BCUT2D eigenvalue weighted by Crippen LogP contribution is -2.27. The summed E-state index contributed by atoms with van der Waals surface area (Å²) in [4.78, 5) is 23.3. The van der Waals surface area contributed by atoms with Crippen molar-refractivity contribution in [2.24, 2.45) is 5.92 Å². The monoisotopic (exact) mass is 246 g/mol. The van der Waals surface area contributed by atoms with Crippen LogP contribution in [0.15, 0.2) is 30.3 Å². The summed E-state index contributed by atoms with van der Waals surface area (Å²) in [5.74, 6) is -0.304. The summed E-state index contributed by atoms with van der Waals surface area (Å²) in [6.45, 7) is 3.67. The molecule has 1 aliphatic carbocycles. The molecule has 0 bridgehead atoms. The second-order valence-corrected chi connectivity index (χ2v) is 5.27. The van der Waals surface area contributed by atoms with Gasteiger partial charge in [0.2, 0.25) is 0 Å². The molecule has 3 nitrogen and oxygen atoms in total. The van der Waals surface area contributed by atoms with Crippen molar-refractivity contribution in [3.63, 3.8) is 0 Å². The van der Waals surface area contributed by atoms with Crippen molar-refractivity contribution in [1.29, 1.82) is 0 Å². The predicted molar refractivity (Wildman–Crippen MR) is 67.9 cm³/mol. The van der Waals surface area contributed by atoms with E-state index >= 15 is 0 Å². The Balaban J connectivity index is 1.95. The van der Waals surface area contributed by atoms with Gasteiger partial charge in [0.15, 0.2) is 0 Å². The van der Waals surface area contributed by atoms with Gasteiger partial charge in [0.1, 0.15) is 17.8 Å². The van der Waals surface area contributed by atoms with E-state index in [4.69, 9.17) is 4.74 Å². The maximum atomic E-state index is 11.7. The fourth-order valence-corrected chi connectivity index (χ4v) is 1.91. The van der Waals surface area contributed by atoms with Crippen molar-refractivity contribution < 1.29 is 14.3 Å². The lowest BCUT2D eigenvalue weighted by molar-refractivity contribution is -0.158. The summed E-state index contributed by atoms with van der Waals surface area (Å²) in [6.07, 6.45) is 1.75. The molecule has 0 amide bonds. The number of hydrogen-bond acceptors (Lipinski definition) is 3. The Bertz CT molecular complexity index is 444. The van der Waals surface area contributed by atoms with Crippen LogP contribution in [0.4, 0.5) is 0 Å². The van der Waals surface area contributed by atoms with Crippen LogP contribution in [0.2, 0.25) is 0 Å². The van der Waals surface area contributed by atoms with E-state index in [2.05, 4.69) is 0 Å². The molecule has 1 aromatic carbocycles. The summed E-state index contributed by atoms with van der Waals surface area (Å²) < 4.78 is 5.41. The summed E-state index contributed by atoms with van der Waals surface area (Å²) >= 11 is 0. The van der Waals surface area contributed by atoms with E-state index < -0.39 is 11.6 Å². The van der Waals surface area contributed by atoms with Gasteiger partial charge in [-0.05, 0) is 32.3 Å². The molecule has 0 unspecified atom stereocenters. The van der Waals surface area contributed by atoms with E-state index in [0.717, 1.165) is 18.4 Å². The number of benzene rings is 1. The van der Waals surface area contributed by atoms with E-state index in [0.29, 0.717) is 0 Å². The van der Waals surface area contributed by atoms with Crippen molar-refractivity contribution in [3.05, 3.63) is 35.9 Å². The van der Waals surface area contributed by atoms with E-state index in [1.54, 1.807) is 0 Å². The zero-order valence-corrected chi connectivity index (χ0v) is 10.8. The van der Waals surface area contributed by atoms with E-state index in [-0.39, 0.29) is 18.1 Å². The summed E-state index contributed by atoms with van der Waals surface area (Å²) in [6, 6.07) is 9.55. The molecule has 18 heavy (non-hydrogen) atoms. The van der Waals surface area contributed by atoms with Gasteiger partial charge in [0.05, 0.1) is 0 Å². The van der Waals surface area contributed by atoms with E-state index in [9.17, 15) is 9.59 Å². The van der Waals surface area contributed by atoms with Gasteiger partial charge in [-0.1, -0.05) is 30.3 Å². The molecule has 1 aliphatic rings. The van der Waals surface area contributed by atoms with Crippen LogP contribution in [0.5, 0.6) is 0 Å². The van der Waals surface area contributed by atoms with Gasteiger partial charge in [-0.25, -0.2) is 0 Å². The molecule has 0 radical (unpaired) electrons. The lowest BCUT2D eigenvalue weighted by Gasteiger charge is -2.25. The average Bonchev–Trinajstić information content (AvgIpc) is 3.13. The molecule has 0 N–H and O–H groups in total. The van der Waals surface area contributed by atoms with Crippen molar-refractivity contribution >= 4 is 11.8 Å². The van der Waals surface area contributed by atoms with Crippen LogP contribution >= 0.6 is 0 Å². The van der Waals surface area contributed by atoms with Gasteiger partial charge in [0, 0.05) is 5.92 Å². The number of Topliss-reactive ketones (excluding diaryl/α,β-unsaturated/α-hetero) is 1. The van der Waals surface area contributed by atoms with Crippen molar-refractivity contribution in [3.8, 4) is 0 Å². The van der Waals surface area contributed by atoms with Crippen LogP contribution < -0.4 is 0 Å². The highest BCUT2D eigenvalue weighted by Crippen LogP contribution is 2.31. The summed E-state index contributed by atoms with van der Waals surface area (Å²) in [7, 11) is 0. The normalized spacial score (nSPS) is 15.2. The Morgan fingerprint density at radius 3 is 2.39 bits per heavy atom. The van der Waals surface area contributed by atoms with Crippen LogP contribution in [0.1, 0.15) is 38.7 Å². The SMILES string of the molecule is CC(C)(OC(=O)CC(=O)C1CC1)c1ccccc1. The number of ketones is 1. The first-order chi connectivity index (χ1) is 8.49.